The molecule has 0 unspecified atom stereocenters. The van der Waals surface area contributed by atoms with Crippen LogP contribution >= 0.6 is 0 Å². The van der Waals surface area contributed by atoms with Crippen LogP contribution in [0, 0.1) is 11.8 Å². The van der Waals surface area contributed by atoms with E-state index in [1.807, 2.05) is 18.2 Å². The third-order valence-corrected chi connectivity index (χ3v) is 10.5. The molecule has 3 rings (SSSR count). The van der Waals surface area contributed by atoms with Crippen molar-refractivity contribution in [3.63, 3.8) is 0 Å². The van der Waals surface area contributed by atoms with Gasteiger partial charge >= 0.3 is 0 Å². The molecule has 0 saturated heterocycles. The van der Waals surface area contributed by atoms with E-state index in [0.717, 1.165) is 25.3 Å². The highest BCUT2D eigenvalue weighted by Crippen LogP contribution is 2.21. The van der Waals surface area contributed by atoms with E-state index in [4.69, 9.17) is 4.74 Å². The zero-order valence-electron chi connectivity index (χ0n) is 26.9. The van der Waals surface area contributed by atoms with E-state index in [-0.39, 0.29) is 22.9 Å². The summed E-state index contributed by atoms with van der Waals surface area (Å²) in [5.74, 6) is -1.32. The molecule has 0 saturated carbocycles. The Bertz CT molecular complexity index is 1430. The van der Waals surface area contributed by atoms with Crippen molar-refractivity contribution >= 4 is 31.9 Å². The molecular formula is C32H48N4O7S2. The SMILES string of the molecule is CCCCCCCCOc1cc2cc(c1)CNC(=O)[C@H](C(C)C)NS(=O)(=O)c1cccc(c1)S(=O)(=O)N[C@@H](C(C)C)C(=O)NC2. The van der Waals surface area contributed by atoms with E-state index in [9.17, 15) is 26.4 Å². The van der Waals surface area contributed by atoms with Gasteiger partial charge in [0.2, 0.25) is 31.9 Å². The van der Waals surface area contributed by atoms with Crippen molar-refractivity contribution in [3.8, 4) is 5.75 Å². The van der Waals surface area contributed by atoms with Gasteiger partial charge in [0.15, 0.2) is 0 Å². The van der Waals surface area contributed by atoms with Crippen LogP contribution in [-0.4, -0.2) is 47.3 Å². The first-order valence-electron chi connectivity index (χ1n) is 15.7. The average Bonchev–Trinajstić information content (AvgIpc) is 2.99. The molecule has 250 valence electrons. The number of ether oxygens (including phenoxy) is 1. The number of carbonyl (C=O) groups is 2. The van der Waals surface area contributed by atoms with Gasteiger partial charge in [-0.1, -0.05) is 78.9 Å². The molecule has 45 heavy (non-hydrogen) atoms. The van der Waals surface area contributed by atoms with Crippen LogP contribution in [0.1, 0.15) is 84.3 Å². The highest BCUT2D eigenvalue weighted by atomic mass is 32.2. The maximum atomic E-state index is 13.4. The molecule has 0 aliphatic carbocycles. The maximum Gasteiger partial charge on any atom is 0.241 e. The topological polar surface area (TPSA) is 160 Å². The number of unbranched alkanes of at least 4 members (excludes halogenated alkanes) is 5. The van der Waals surface area contributed by atoms with Crippen LogP contribution in [0.3, 0.4) is 0 Å². The zero-order chi connectivity index (χ0) is 33.2. The Labute approximate surface area is 268 Å². The molecule has 0 spiro atoms. The summed E-state index contributed by atoms with van der Waals surface area (Å²) in [7, 11) is -8.60. The largest absolute Gasteiger partial charge is 0.494 e. The number of hydrogen-bond donors (Lipinski definition) is 4. The van der Waals surface area contributed by atoms with Crippen LogP contribution in [0.25, 0.3) is 0 Å². The second-order valence-electron chi connectivity index (χ2n) is 12.2. The van der Waals surface area contributed by atoms with E-state index < -0.39 is 55.8 Å². The van der Waals surface area contributed by atoms with E-state index >= 15 is 0 Å². The van der Waals surface area contributed by atoms with Gasteiger partial charge in [0.05, 0.1) is 16.4 Å². The van der Waals surface area contributed by atoms with Crippen molar-refractivity contribution < 1.29 is 31.2 Å². The first kappa shape index (κ1) is 36.5. The van der Waals surface area contributed by atoms with Crippen molar-refractivity contribution in [1.29, 1.82) is 0 Å². The van der Waals surface area contributed by atoms with Crippen LogP contribution in [-0.2, 0) is 42.7 Å². The first-order valence-corrected chi connectivity index (χ1v) is 18.7. The van der Waals surface area contributed by atoms with Crippen LogP contribution < -0.4 is 24.8 Å². The summed E-state index contributed by atoms with van der Waals surface area (Å²) in [5, 5.41) is 5.65. The number of benzene rings is 2. The van der Waals surface area contributed by atoms with Crippen molar-refractivity contribution in [3.05, 3.63) is 53.6 Å². The Morgan fingerprint density at radius 3 is 1.64 bits per heavy atom. The Morgan fingerprint density at radius 2 is 1.18 bits per heavy atom. The summed E-state index contributed by atoms with van der Waals surface area (Å²) >= 11 is 0. The fraction of sp³-hybridized carbons (Fsp3) is 0.562. The summed E-state index contributed by atoms with van der Waals surface area (Å²) in [6.45, 7) is 9.76. The van der Waals surface area contributed by atoms with E-state index in [1.54, 1.807) is 27.7 Å². The molecule has 2 amide bonds. The number of carbonyl (C=O) groups excluding carboxylic acids is 2. The van der Waals surface area contributed by atoms with Gasteiger partial charge in [-0.15, -0.1) is 0 Å². The quantitative estimate of drug-likeness (QED) is 0.280. The fourth-order valence-corrected chi connectivity index (χ4v) is 7.80. The number of nitrogens with one attached hydrogen (secondary N) is 4. The van der Waals surface area contributed by atoms with Gasteiger partial charge in [0.1, 0.15) is 17.8 Å². The third kappa shape index (κ3) is 10.8. The van der Waals surface area contributed by atoms with Gasteiger partial charge in [-0.3, -0.25) is 9.59 Å². The second-order valence-corrected chi connectivity index (χ2v) is 15.6. The molecule has 1 aliphatic heterocycles. The van der Waals surface area contributed by atoms with Crippen molar-refractivity contribution in [1.82, 2.24) is 20.1 Å². The number of amides is 2. The lowest BCUT2D eigenvalue weighted by Gasteiger charge is -2.23. The predicted molar refractivity (Wildman–Crippen MR) is 173 cm³/mol. The van der Waals surface area contributed by atoms with Crippen molar-refractivity contribution in [2.24, 2.45) is 11.8 Å². The monoisotopic (exact) mass is 664 g/mol. The summed E-state index contributed by atoms with van der Waals surface area (Å²) in [4.78, 5) is 25.9. The standard InChI is InChI=1S/C32H48N4O7S2/c1-6-7-8-9-10-11-15-43-26-17-24-16-25(18-26)21-34-32(38)30(23(4)5)36-45(41,42)28-14-12-13-27(19-28)44(39,40)35-29(22(2)3)31(37)33-20-24/h12-14,16-19,22-23,29-30,35-36H,6-11,15,20-21H2,1-5H3,(H,33,37)(H,34,38)/t29-,30-/m0/s1. The molecule has 0 fully saturated rings. The second kappa shape index (κ2) is 16.5. The van der Waals surface area contributed by atoms with Gasteiger partial charge in [0, 0.05) is 13.1 Å². The molecule has 4 bridgehead atoms. The highest BCUT2D eigenvalue weighted by Gasteiger charge is 2.31. The number of fused-ring (bicyclic) bond motifs is 4. The van der Waals surface area contributed by atoms with Crippen molar-refractivity contribution in [2.45, 2.75) is 108 Å². The van der Waals surface area contributed by atoms with E-state index in [1.165, 1.54) is 37.5 Å². The zero-order valence-corrected chi connectivity index (χ0v) is 28.5. The van der Waals surface area contributed by atoms with Gasteiger partial charge in [-0.2, -0.15) is 9.44 Å². The Kier molecular flexibility index (Phi) is 13.4. The Morgan fingerprint density at radius 1 is 0.711 bits per heavy atom. The minimum atomic E-state index is -4.30. The predicted octanol–water partition coefficient (Wildman–Crippen LogP) is 3.98. The number of hydrogen-bond acceptors (Lipinski definition) is 7. The average molecular weight is 665 g/mol. The summed E-state index contributed by atoms with van der Waals surface area (Å²) in [5.41, 5.74) is 1.40. The molecule has 1 heterocycles. The number of rotatable bonds is 10. The fourth-order valence-electron chi connectivity index (χ4n) is 4.95. The summed E-state index contributed by atoms with van der Waals surface area (Å²) in [6.07, 6.45) is 6.69. The smallest absolute Gasteiger partial charge is 0.241 e. The van der Waals surface area contributed by atoms with Gasteiger partial charge in [0.25, 0.3) is 0 Å². The van der Waals surface area contributed by atoms with Crippen LogP contribution in [0.4, 0.5) is 0 Å². The lowest BCUT2D eigenvalue weighted by atomic mass is 10.0. The highest BCUT2D eigenvalue weighted by molar-refractivity contribution is 7.90. The molecule has 2 atom stereocenters. The van der Waals surface area contributed by atoms with Gasteiger partial charge in [-0.05, 0) is 59.7 Å². The molecule has 2 aromatic rings. The molecule has 2 aromatic carbocycles. The minimum absolute atomic E-state index is 0.100. The van der Waals surface area contributed by atoms with Crippen LogP contribution in [0.2, 0.25) is 0 Å². The Hall–Kier alpha value is -3.00. The minimum Gasteiger partial charge on any atom is -0.494 e. The number of sulfonamides is 2. The molecular weight excluding hydrogens is 617 g/mol. The molecule has 0 aromatic heterocycles. The van der Waals surface area contributed by atoms with Crippen LogP contribution in [0.5, 0.6) is 5.75 Å². The summed E-state index contributed by atoms with van der Waals surface area (Å²) in [6, 6.07) is 8.00. The normalized spacial score (nSPS) is 20.6. The molecule has 4 N–H and O–H groups in total. The lowest BCUT2D eigenvalue weighted by molar-refractivity contribution is -0.124. The molecule has 11 nitrogen and oxygen atoms in total. The van der Waals surface area contributed by atoms with E-state index in [2.05, 4.69) is 27.0 Å². The van der Waals surface area contributed by atoms with Gasteiger partial charge < -0.3 is 15.4 Å². The van der Waals surface area contributed by atoms with Gasteiger partial charge in [-0.25, -0.2) is 16.8 Å². The molecule has 13 heteroatoms. The maximum absolute atomic E-state index is 13.4. The summed E-state index contributed by atoms with van der Waals surface area (Å²) < 4.78 is 64.3. The Balaban J connectivity index is 1.96. The van der Waals surface area contributed by atoms with Crippen LogP contribution in [0.15, 0.2) is 52.3 Å². The van der Waals surface area contributed by atoms with E-state index in [0.29, 0.717) is 23.5 Å². The third-order valence-electron chi connectivity index (χ3n) is 7.61. The first-order chi connectivity index (χ1) is 21.2. The molecule has 0 radical (unpaired) electrons. The molecule has 1 aliphatic rings. The lowest BCUT2D eigenvalue weighted by Crippen LogP contribution is -2.50. The van der Waals surface area contributed by atoms with Crippen molar-refractivity contribution in [2.75, 3.05) is 6.61 Å².